The van der Waals surface area contributed by atoms with E-state index in [0.29, 0.717) is 5.56 Å². The molecule has 0 fully saturated rings. The molecule has 0 aromatic heterocycles. The quantitative estimate of drug-likeness (QED) is 0.471. The zero-order chi connectivity index (χ0) is 19.3. The number of non-ortho nitro benzene ring substituents is 1. The lowest BCUT2D eigenvalue weighted by Crippen LogP contribution is -2.35. The van der Waals surface area contributed by atoms with E-state index in [1.54, 1.807) is 6.07 Å². The Hall–Kier alpha value is -3.48. The minimum absolute atomic E-state index is 0.0670. The third kappa shape index (κ3) is 2.28. The highest BCUT2D eigenvalue weighted by atomic mass is 16.6. The second kappa shape index (κ2) is 6.05. The van der Waals surface area contributed by atoms with Crippen molar-refractivity contribution in [3.05, 3.63) is 86.0 Å². The molecule has 27 heavy (non-hydrogen) atoms. The molecule has 136 valence electrons. The van der Waals surface area contributed by atoms with Crippen LogP contribution in [-0.2, 0) is 19.1 Å². The maximum atomic E-state index is 12.6. The summed E-state index contributed by atoms with van der Waals surface area (Å²) in [6.45, 7) is 0. The van der Waals surface area contributed by atoms with Gasteiger partial charge in [0.15, 0.2) is 0 Å². The Balaban J connectivity index is 2.07. The van der Waals surface area contributed by atoms with Crippen molar-refractivity contribution < 1.29 is 24.0 Å². The van der Waals surface area contributed by atoms with Gasteiger partial charge in [-0.05, 0) is 22.3 Å². The molecule has 2 atom stereocenters. The van der Waals surface area contributed by atoms with E-state index in [1.165, 1.54) is 26.4 Å². The predicted molar refractivity (Wildman–Crippen MR) is 94.3 cm³/mol. The minimum Gasteiger partial charge on any atom is -0.466 e. The van der Waals surface area contributed by atoms with Gasteiger partial charge in [-0.15, -0.1) is 0 Å². The first kappa shape index (κ1) is 17.0. The molecular weight excluding hydrogens is 350 g/mol. The number of nitro groups is 1. The molecule has 2 bridgehead atoms. The number of hydrogen-bond donors (Lipinski definition) is 0. The third-order valence-electron chi connectivity index (χ3n) is 5.20. The van der Waals surface area contributed by atoms with Crippen LogP contribution in [0.3, 0.4) is 0 Å². The van der Waals surface area contributed by atoms with E-state index in [9.17, 15) is 19.7 Å². The lowest BCUT2D eigenvalue weighted by atomic mass is 9.61. The lowest BCUT2D eigenvalue weighted by Gasteiger charge is -2.41. The van der Waals surface area contributed by atoms with Gasteiger partial charge in [0.05, 0.1) is 30.3 Å². The molecule has 2 aromatic rings. The summed E-state index contributed by atoms with van der Waals surface area (Å²) in [6.07, 6.45) is 0. The largest absolute Gasteiger partial charge is 0.466 e. The van der Waals surface area contributed by atoms with Crippen LogP contribution >= 0.6 is 0 Å². The maximum absolute atomic E-state index is 12.6. The van der Waals surface area contributed by atoms with E-state index in [-0.39, 0.29) is 16.8 Å². The Morgan fingerprint density at radius 2 is 1.33 bits per heavy atom. The van der Waals surface area contributed by atoms with Crippen molar-refractivity contribution in [2.45, 2.75) is 11.8 Å². The fourth-order valence-corrected chi connectivity index (χ4v) is 4.17. The Bertz CT molecular complexity index is 1040. The molecule has 3 aliphatic rings. The maximum Gasteiger partial charge on any atom is 0.335 e. The summed E-state index contributed by atoms with van der Waals surface area (Å²) in [5.41, 5.74) is 3.47. The minimum atomic E-state index is -0.642. The van der Waals surface area contributed by atoms with Crippen LogP contribution in [0, 0.1) is 10.1 Å². The van der Waals surface area contributed by atoms with Crippen molar-refractivity contribution in [3.63, 3.8) is 0 Å². The molecule has 0 aliphatic heterocycles. The second-order valence-electron chi connectivity index (χ2n) is 6.38. The first-order valence-electron chi connectivity index (χ1n) is 8.27. The zero-order valence-corrected chi connectivity index (χ0v) is 14.6. The van der Waals surface area contributed by atoms with Gasteiger partial charge in [0.2, 0.25) is 0 Å². The van der Waals surface area contributed by atoms with Crippen molar-refractivity contribution in [1.29, 1.82) is 0 Å². The third-order valence-corrected chi connectivity index (χ3v) is 5.20. The molecule has 0 spiro atoms. The number of hydrogen-bond acceptors (Lipinski definition) is 6. The summed E-state index contributed by atoms with van der Waals surface area (Å²) in [5, 5.41) is 11.3. The Morgan fingerprint density at radius 3 is 1.81 bits per heavy atom. The van der Waals surface area contributed by atoms with Gasteiger partial charge in [-0.3, -0.25) is 10.1 Å². The van der Waals surface area contributed by atoms with Crippen LogP contribution in [0.2, 0.25) is 0 Å². The van der Waals surface area contributed by atoms with Crippen LogP contribution in [0.1, 0.15) is 34.1 Å². The normalized spacial score (nSPS) is 19.2. The first-order valence-corrected chi connectivity index (χ1v) is 8.27. The van der Waals surface area contributed by atoms with Crippen LogP contribution in [0.5, 0.6) is 0 Å². The van der Waals surface area contributed by atoms with Crippen LogP contribution in [-0.4, -0.2) is 31.1 Å². The van der Waals surface area contributed by atoms with Crippen LogP contribution in [0.15, 0.2) is 53.6 Å². The summed E-state index contributed by atoms with van der Waals surface area (Å²) >= 11 is 0. The molecular formula is C20H15NO6. The van der Waals surface area contributed by atoms with Crippen LogP contribution in [0.4, 0.5) is 5.69 Å². The van der Waals surface area contributed by atoms with Crippen molar-refractivity contribution in [2.24, 2.45) is 0 Å². The molecule has 0 saturated heterocycles. The molecule has 0 saturated carbocycles. The van der Waals surface area contributed by atoms with Gasteiger partial charge in [-0.25, -0.2) is 9.59 Å². The highest BCUT2D eigenvalue weighted by Gasteiger charge is 2.48. The van der Waals surface area contributed by atoms with Crippen molar-refractivity contribution in [3.8, 4) is 0 Å². The van der Waals surface area contributed by atoms with Crippen molar-refractivity contribution in [1.82, 2.24) is 0 Å². The summed E-state index contributed by atoms with van der Waals surface area (Å²) in [4.78, 5) is 36.0. The summed E-state index contributed by atoms with van der Waals surface area (Å²) in [6, 6.07) is 12.0. The Morgan fingerprint density at radius 1 is 0.852 bits per heavy atom. The van der Waals surface area contributed by atoms with Gasteiger partial charge in [0, 0.05) is 24.0 Å². The number of nitro benzene ring substituents is 1. The SMILES string of the molecule is COC(=O)C1=C(C(=O)OC)C2c3ccccc3C1c1ccc([N+](=O)[O-])cc12. The summed E-state index contributed by atoms with van der Waals surface area (Å²) < 4.78 is 9.88. The van der Waals surface area contributed by atoms with Gasteiger partial charge in [0.1, 0.15) is 0 Å². The molecule has 0 N–H and O–H groups in total. The van der Waals surface area contributed by atoms with Crippen LogP contribution < -0.4 is 0 Å². The van der Waals surface area contributed by atoms with E-state index in [1.807, 2.05) is 24.3 Å². The highest BCUT2D eigenvalue weighted by molar-refractivity contribution is 6.06. The van der Waals surface area contributed by atoms with Crippen molar-refractivity contribution >= 4 is 17.6 Å². The van der Waals surface area contributed by atoms with Crippen LogP contribution in [0.25, 0.3) is 0 Å². The molecule has 5 rings (SSSR count). The monoisotopic (exact) mass is 365 g/mol. The van der Waals surface area contributed by atoms with Gasteiger partial charge >= 0.3 is 11.9 Å². The highest BCUT2D eigenvalue weighted by Crippen LogP contribution is 2.56. The fraction of sp³-hybridized carbons (Fsp3) is 0.200. The van der Waals surface area contributed by atoms with E-state index in [2.05, 4.69) is 0 Å². The van der Waals surface area contributed by atoms with E-state index >= 15 is 0 Å². The summed E-state index contributed by atoms with van der Waals surface area (Å²) in [5.74, 6) is -2.41. The first-order chi connectivity index (χ1) is 13.0. The lowest BCUT2D eigenvalue weighted by molar-refractivity contribution is -0.384. The average molecular weight is 365 g/mol. The molecule has 0 heterocycles. The number of carbonyl (C=O) groups is 2. The number of ether oxygens (including phenoxy) is 2. The smallest absolute Gasteiger partial charge is 0.335 e. The number of methoxy groups -OCH3 is 2. The average Bonchev–Trinajstić information content (AvgIpc) is 2.71. The second-order valence-corrected chi connectivity index (χ2v) is 6.38. The molecule has 7 nitrogen and oxygen atoms in total. The number of nitrogens with zero attached hydrogens (tertiary/aromatic N) is 1. The Kier molecular flexibility index (Phi) is 3.80. The van der Waals surface area contributed by atoms with Gasteiger partial charge in [-0.1, -0.05) is 30.3 Å². The topological polar surface area (TPSA) is 95.7 Å². The van der Waals surface area contributed by atoms with E-state index in [0.717, 1.165) is 16.7 Å². The standard InChI is InChI=1S/C20H15NO6/c1-26-19(22)17-15-11-5-3-4-6-12(11)16(18(17)20(23)27-2)14-9-10(21(24)25)7-8-13(14)15/h3-9,15-16H,1-2H3. The molecule has 7 heteroatoms. The summed E-state index contributed by atoms with van der Waals surface area (Å²) in [7, 11) is 2.50. The number of esters is 2. The number of rotatable bonds is 3. The predicted octanol–water partition coefficient (Wildman–Crippen LogP) is 2.83. The van der Waals surface area contributed by atoms with Crippen molar-refractivity contribution in [2.75, 3.05) is 14.2 Å². The van der Waals surface area contributed by atoms with Gasteiger partial charge < -0.3 is 9.47 Å². The molecule has 3 aliphatic carbocycles. The van der Waals surface area contributed by atoms with Gasteiger partial charge in [0.25, 0.3) is 5.69 Å². The molecule has 0 radical (unpaired) electrons. The molecule has 2 unspecified atom stereocenters. The molecule has 2 aromatic carbocycles. The molecule has 0 amide bonds. The zero-order valence-electron chi connectivity index (χ0n) is 14.6. The fourth-order valence-electron chi connectivity index (χ4n) is 4.17. The number of benzene rings is 2. The number of carbonyl (C=O) groups excluding carboxylic acids is 2. The Labute approximate surface area is 154 Å². The van der Waals surface area contributed by atoms with E-state index < -0.39 is 28.7 Å². The van der Waals surface area contributed by atoms with Gasteiger partial charge in [-0.2, -0.15) is 0 Å². The van der Waals surface area contributed by atoms with E-state index in [4.69, 9.17) is 9.47 Å².